The summed E-state index contributed by atoms with van der Waals surface area (Å²) in [5.74, 6) is -0.755. The van der Waals surface area contributed by atoms with Crippen LogP contribution in [0.25, 0.3) is 0 Å². The highest BCUT2D eigenvalue weighted by Crippen LogP contribution is 2.21. The molecule has 0 aliphatic carbocycles. The fourth-order valence-corrected chi connectivity index (χ4v) is 3.07. The third kappa shape index (κ3) is 6.91. The molecule has 1 aliphatic rings. The zero-order valence-electron chi connectivity index (χ0n) is 13.2. The highest BCUT2D eigenvalue weighted by atomic mass is 32.2. The number of furan rings is 1. The van der Waals surface area contributed by atoms with E-state index < -0.39 is 5.76 Å². The standard InChI is InChI=1S/C16H24F2N2O2S/c17-16(18)23-12-14-6-5-13(22-14)11-19-8-7-15(21)20-9-3-1-2-4-10-20/h5-6,16,19H,1-4,7-12H2. The Balaban J connectivity index is 1.62. The summed E-state index contributed by atoms with van der Waals surface area (Å²) in [6.45, 7) is 2.86. The second kappa shape index (κ2) is 9.93. The number of alkyl halides is 2. The van der Waals surface area contributed by atoms with Crippen LogP contribution in [0.2, 0.25) is 0 Å². The molecule has 1 amide bonds. The average molecular weight is 346 g/mol. The molecule has 0 radical (unpaired) electrons. The number of nitrogens with zero attached hydrogens (tertiary/aromatic N) is 1. The van der Waals surface area contributed by atoms with Gasteiger partial charge in [0.2, 0.25) is 5.91 Å². The lowest BCUT2D eigenvalue weighted by Gasteiger charge is -2.20. The number of thioether (sulfide) groups is 1. The summed E-state index contributed by atoms with van der Waals surface area (Å²) < 4.78 is 29.7. The first-order valence-electron chi connectivity index (χ1n) is 8.11. The van der Waals surface area contributed by atoms with Gasteiger partial charge in [0.1, 0.15) is 11.5 Å². The quantitative estimate of drug-likeness (QED) is 0.730. The number of halogens is 2. The molecular formula is C16H24F2N2O2S. The van der Waals surface area contributed by atoms with Gasteiger partial charge < -0.3 is 14.6 Å². The fourth-order valence-electron chi connectivity index (χ4n) is 2.63. The molecule has 1 saturated heterocycles. The first-order chi connectivity index (χ1) is 11.1. The SMILES string of the molecule is O=C(CCNCc1ccc(CSC(F)F)o1)N1CCCCCC1. The molecule has 7 heteroatoms. The summed E-state index contributed by atoms with van der Waals surface area (Å²) in [6, 6.07) is 3.50. The minimum Gasteiger partial charge on any atom is -0.464 e. The van der Waals surface area contributed by atoms with Crippen LogP contribution in [0, 0.1) is 0 Å². The first kappa shape index (κ1) is 18.3. The van der Waals surface area contributed by atoms with Crippen molar-refractivity contribution in [2.75, 3.05) is 19.6 Å². The number of rotatable bonds is 8. The van der Waals surface area contributed by atoms with Crippen LogP contribution in [0.5, 0.6) is 0 Å². The van der Waals surface area contributed by atoms with Gasteiger partial charge in [-0.15, -0.1) is 0 Å². The number of carbonyl (C=O) groups is 1. The monoisotopic (exact) mass is 346 g/mol. The van der Waals surface area contributed by atoms with Gasteiger partial charge in [0.25, 0.3) is 5.76 Å². The van der Waals surface area contributed by atoms with E-state index in [1.807, 2.05) is 4.90 Å². The number of hydrogen-bond donors (Lipinski definition) is 1. The second-order valence-corrected chi connectivity index (χ2v) is 6.64. The Morgan fingerprint density at radius 3 is 2.61 bits per heavy atom. The van der Waals surface area contributed by atoms with Gasteiger partial charge in [0.05, 0.1) is 12.3 Å². The van der Waals surface area contributed by atoms with Crippen molar-refractivity contribution < 1.29 is 18.0 Å². The summed E-state index contributed by atoms with van der Waals surface area (Å²) >= 11 is 0.550. The van der Waals surface area contributed by atoms with E-state index >= 15 is 0 Å². The lowest BCUT2D eigenvalue weighted by atomic mass is 10.2. The highest BCUT2D eigenvalue weighted by molar-refractivity contribution is 7.98. The normalized spacial score (nSPS) is 15.9. The van der Waals surface area contributed by atoms with E-state index in [1.165, 1.54) is 12.8 Å². The average Bonchev–Trinajstić information content (AvgIpc) is 2.80. The van der Waals surface area contributed by atoms with E-state index in [0.717, 1.165) is 25.9 Å². The van der Waals surface area contributed by atoms with Crippen molar-refractivity contribution in [1.29, 1.82) is 0 Å². The zero-order valence-corrected chi connectivity index (χ0v) is 14.0. The molecule has 0 atom stereocenters. The molecule has 1 aromatic rings. The van der Waals surface area contributed by atoms with E-state index in [1.54, 1.807) is 12.1 Å². The molecule has 0 spiro atoms. The predicted molar refractivity (Wildman–Crippen MR) is 87.4 cm³/mol. The molecule has 1 aromatic heterocycles. The predicted octanol–water partition coefficient (Wildman–Crippen LogP) is 3.62. The largest absolute Gasteiger partial charge is 0.464 e. The summed E-state index contributed by atoms with van der Waals surface area (Å²) in [7, 11) is 0. The Morgan fingerprint density at radius 2 is 1.91 bits per heavy atom. The molecule has 0 unspecified atom stereocenters. The van der Waals surface area contributed by atoms with Crippen LogP contribution in [0.15, 0.2) is 16.5 Å². The molecule has 130 valence electrons. The van der Waals surface area contributed by atoms with Crippen LogP contribution in [0.3, 0.4) is 0 Å². The third-order valence-corrected chi connectivity index (χ3v) is 4.55. The minimum absolute atomic E-state index is 0.172. The van der Waals surface area contributed by atoms with Crippen LogP contribution in [0.4, 0.5) is 8.78 Å². The van der Waals surface area contributed by atoms with Gasteiger partial charge >= 0.3 is 0 Å². The summed E-state index contributed by atoms with van der Waals surface area (Å²) in [5, 5.41) is 3.17. The highest BCUT2D eigenvalue weighted by Gasteiger charge is 2.14. The van der Waals surface area contributed by atoms with Gasteiger partial charge in [0.15, 0.2) is 0 Å². The zero-order chi connectivity index (χ0) is 16.5. The topological polar surface area (TPSA) is 45.5 Å². The second-order valence-electron chi connectivity index (χ2n) is 5.66. The Labute approximate surface area is 140 Å². The molecule has 2 heterocycles. The maximum atomic E-state index is 12.1. The van der Waals surface area contributed by atoms with Crippen molar-refractivity contribution >= 4 is 17.7 Å². The van der Waals surface area contributed by atoms with Gasteiger partial charge in [-0.2, -0.15) is 8.78 Å². The molecule has 1 aliphatic heterocycles. The van der Waals surface area contributed by atoms with E-state index in [2.05, 4.69) is 5.32 Å². The first-order valence-corrected chi connectivity index (χ1v) is 9.16. The Morgan fingerprint density at radius 1 is 1.22 bits per heavy atom. The molecule has 4 nitrogen and oxygen atoms in total. The number of hydrogen-bond acceptors (Lipinski definition) is 4. The molecule has 1 fully saturated rings. The van der Waals surface area contributed by atoms with Crippen LogP contribution < -0.4 is 5.32 Å². The van der Waals surface area contributed by atoms with Crippen molar-refractivity contribution in [3.8, 4) is 0 Å². The van der Waals surface area contributed by atoms with E-state index in [4.69, 9.17) is 4.42 Å². The van der Waals surface area contributed by atoms with Crippen molar-refractivity contribution in [2.24, 2.45) is 0 Å². The van der Waals surface area contributed by atoms with Crippen LogP contribution >= 0.6 is 11.8 Å². The number of amides is 1. The van der Waals surface area contributed by atoms with E-state index in [0.29, 0.717) is 42.8 Å². The third-order valence-electron chi connectivity index (χ3n) is 3.84. The van der Waals surface area contributed by atoms with Gasteiger partial charge in [0, 0.05) is 26.1 Å². The van der Waals surface area contributed by atoms with Gasteiger partial charge in [-0.3, -0.25) is 4.79 Å². The maximum Gasteiger partial charge on any atom is 0.284 e. The van der Waals surface area contributed by atoms with E-state index in [9.17, 15) is 13.6 Å². The Kier molecular flexibility index (Phi) is 7.88. The lowest BCUT2D eigenvalue weighted by Crippen LogP contribution is -2.33. The van der Waals surface area contributed by atoms with Gasteiger partial charge in [-0.1, -0.05) is 24.6 Å². The molecule has 2 rings (SSSR count). The smallest absolute Gasteiger partial charge is 0.284 e. The molecule has 0 aromatic carbocycles. The lowest BCUT2D eigenvalue weighted by molar-refractivity contribution is -0.131. The minimum atomic E-state index is -2.38. The Hall–Kier alpha value is -1.08. The van der Waals surface area contributed by atoms with Gasteiger partial charge in [-0.05, 0) is 25.0 Å². The Bertz CT molecular complexity index is 474. The number of likely N-dealkylation sites (tertiary alicyclic amines) is 1. The van der Waals surface area contributed by atoms with E-state index in [-0.39, 0.29) is 11.7 Å². The van der Waals surface area contributed by atoms with Gasteiger partial charge in [-0.25, -0.2) is 0 Å². The number of nitrogens with one attached hydrogen (secondary N) is 1. The molecular weight excluding hydrogens is 322 g/mol. The van der Waals surface area contributed by atoms with Crippen molar-refractivity contribution in [1.82, 2.24) is 10.2 Å². The molecule has 1 N–H and O–H groups in total. The summed E-state index contributed by atoms with van der Waals surface area (Å²) in [5.41, 5.74) is 0. The summed E-state index contributed by atoms with van der Waals surface area (Å²) in [6.07, 6.45) is 5.12. The maximum absolute atomic E-state index is 12.1. The van der Waals surface area contributed by atoms with Crippen LogP contribution in [-0.4, -0.2) is 36.2 Å². The van der Waals surface area contributed by atoms with Crippen molar-refractivity contribution in [3.05, 3.63) is 23.7 Å². The van der Waals surface area contributed by atoms with Crippen molar-refractivity contribution in [2.45, 2.75) is 50.2 Å². The summed E-state index contributed by atoms with van der Waals surface area (Å²) in [4.78, 5) is 14.1. The van der Waals surface area contributed by atoms with Crippen LogP contribution in [-0.2, 0) is 17.1 Å². The fraction of sp³-hybridized carbons (Fsp3) is 0.688. The molecule has 0 saturated carbocycles. The van der Waals surface area contributed by atoms with Crippen molar-refractivity contribution in [3.63, 3.8) is 0 Å². The van der Waals surface area contributed by atoms with Crippen LogP contribution in [0.1, 0.15) is 43.6 Å². The number of carbonyl (C=O) groups excluding carboxylic acids is 1. The molecule has 0 bridgehead atoms. The molecule has 23 heavy (non-hydrogen) atoms.